The zero-order chi connectivity index (χ0) is 18.4. The molecule has 0 aliphatic carbocycles. The standard InChI is InChI=1S/C20H26N2O3/c1-5-25-20(24)19-13(2)17(15(4)22-19)11-12-18(23)21-14(3)16-9-7-6-8-10-16/h6-10,14,22H,5,11-12H2,1-4H3,(H,21,23)/t14-/m1/s1. The van der Waals surface area contributed by atoms with Crippen molar-refractivity contribution in [3.63, 3.8) is 0 Å². The highest BCUT2D eigenvalue weighted by atomic mass is 16.5. The Bertz CT molecular complexity index is 735. The second kappa shape index (κ2) is 8.51. The minimum atomic E-state index is -0.350. The molecular formula is C20H26N2O3. The summed E-state index contributed by atoms with van der Waals surface area (Å²) in [6.45, 7) is 7.89. The molecule has 1 amide bonds. The van der Waals surface area contributed by atoms with E-state index in [1.165, 1.54) is 0 Å². The normalized spacial score (nSPS) is 11.8. The minimum absolute atomic E-state index is 0.00552. The van der Waals surface area contributed by atoms with Crippen LogP contribution in [0.4, 0.5) is 0 Å². The lowest BCUT2D eigenvalue weighted by Gasteiger charge is -2.14. The molecule has 0 radical (unpaired) electrons. The average molecular weight is 342 g/mol. The van der Waals surface area contributed by atoms with Crippen molar-refractivity contribution < 1.29 is 14.3 Å². The first-order chi connectivity index (χ1) is 11.9. The Labute approximate surface area is 148 Å². The van der Waals surface area contributed by atoms with Gasteiger partial charge in [-0.1, -0.05) is 30.3 Å². The third-order valence-corrected chi connectivity index (χ3v) is 4.35. The van der Waals surface area contributed by atoms with E-state index in [1.54, 1.807) is 6.92 Å². The van der Waals surface area contributed by atoms with E-state index in [2.05, 4.69) is 10.3 Å². The monoisotopic (exact) mass is 342 g/mol. The molecule has 0 bridgehead atoms. The molecule has 0 aliphatic rings. The zero-order valence-corrected chi connectivity index (χ0v) is 15.3. The number of rotatable bonds is 7. The van der Waals surface area contributed by atoms with Crippen molar-refractivity contribution in [3.05, 3.63) is 58.4 Å². The summed E-state index contributed by atoms with van der Waals surface area (Å²) >= 11 is 0. The van der Waals surface area contributed by atoms with Crippen molar-refractivity contribution in [2.45, 2.75) is 46.6 Å². The predicted molar refractivity (Wildman–Crippen MR) is 97.5 cm³/mol. The van der Waals surface area contributed by atoms with Crippen molar-refractivity contribution in [2.24, 2.45) is 0 Å². The summed E-state index contributed by atoms with van der Waals surface area (Å²) in [4.78, 5) is 27.3. The summed E-state index contributed by atoms with van der Waals surface area (Å²) in [7, 11) is 0. The van der Waals surface area contributed by atoms with Crippen LogP contribution in [0.5, 0.6) is 0 Å². The molecule has 2 rings (SSSR count). The van der Waals surface area contributed by atoms with Crippen LogP contribution in [0.1, 0.15) is 59.2 Å². The summed E-state index contributed by atoms with van der Waals surface area (Å²) in [6.07, 6.45) is 0.958. The minimum Gasteiger partial charge on any atom is -0.461 e. The zero-order valence-electron chi connectivity index (χ0n) is 15.3. The summed E-state index contributed by atoms with van der Waals surface area (Å²) < 4.78 is 5.05. The van der Waals surface area contributed by atoms with Crippen LogP contribution in [0, 0.1) is 13.8 Å². The van der Waals surface area contributed by atoms with Crippen LogP contribution >= 0.6 is 0 Å². The van der Waals surface area contributed by atoms with Crippen LogP contribution in [-0.2, 0) is 16.0 Å². The first-order valence-corrected chi connectivity index (χ1v) is 8.63. The molecule has 25 heavy (non-hydrogen) atoms. The Hall–Kier alpha value is -2.56. The maximum atomic E-state index is 12.3. The van der Waals surface area contributed by atoms with Gasteiger partial charge < -0.3 is 15.0 Å². The average Bonchev–Trinajstić information content (AvgIpc) is 2.88. The van der Waals surface area contributed by atoms with E-state index >= 15 is 0 Å². The van der Waals surface area contributed by atoms with Gasteiger partial charge in [-0.2, -0.15) is 0 Å². The number of carbonyl (C=O) groups excluding carboxylic acids is 2. The van der Waals surface area contributed by atoms with Crippen molar-refractivity contribution in [1.82, 2.24) is 10.3 Å². The van der Waals surface area contributed by atoms with Crippen molar-refractivity contribution >= 4 is 11.9 Å². The number of amides is 1. The Morgan fingerprint density at radius 3 is 2.52 bits per heavy atom. The highest BCUT2D eigenvalue weighted by Crippen LogP contribution is 2.20. The lowest BCUT2D eigenvalue weighted by molar-refractivity contribution is -0.121. The van der Waals surface area contributed by atoms with E-state index in [0.29, 0.717) is 25.1 Å². The molecule has 1 aromatic heterocycles. The van der Waals surface area contributed by atoms with Gasteiger partial charge in [0.05, 0.1) is 12.6 Å². The summed E-state index contributed by atoms with van der Waals surface area (Å²) in [5.41, 5.74) is 4.33. The Morgan fingerprint density at radius 2 is 1.88 bits per heavy atom. The summed E-state index contributed by atoms with van der Waals surface area (Å²) in [5.74, 6) is -0.356. The third-order valence-electron chi connectivity index (χ3n) is 4.35. The van der Waals surface area contributed by atoms with Crippen LogP contribution in [0.2, 0.25) is 0 Å². The number of aromatic amines is 1. The number of H-pyrrole nitrogens is 1. The number of benzene rings is 1. The molecule has 1 atom stereocenters. The lowest BCUT2D eigenvalue weighted by atomic mass is 10.0. The number of carbonyl (C=O) groups is 2. The molecule has 1 heterocycles. The number of aromatic nitrogens is 1. The van der Waals surface area contributed by atoms with Crippen LogP contribution in [0.15, 0.2) is 30.3 Å². The predicted octanol–water partition coefficient (Wildman–Crippen LogP) is 3.62. The Balaban J connectivity index is 1.97. The fourth-order valence-corrected chi connectivity index (χ4v) is 2.95. The maximum absolute atomic E-state index is 12.3. The first kappa shape index (κ1) is 18.8. The second-order valence-electron chi connectivity index (χ2n) is 6.15. The van der Waals surface area contributed by atoms with Gasteiger partial charge in [-0.05, 0) is 50.8 Å². The van der Waals surface area contributed by atoms with E-state index in [1.807, 2.05) is 51.1 Å². The van der Waals surface area contributed by atoms with Gasteiger partial charge in [0.2, 0.25) is 5.91 Å². The van der Waals surface area contributed by atoms with Gasteiger partial charge >= 0.3 is 5.97 Å². The van der Waals surface area contributed by atoms with Gasteiger partial charge in [-0.25, -0.2) is 4.79 Å². The Morgan fingerprint density at radius 1 is 1.20 bits per heavy atom. The number of hydrogen-bond acceptors (Lipinski definition) is 3. The van der Waals surface area contributed by atoms with E-state index < -0.39 is 0 Å². The fraction of sp³-hybridized carbons (Fsp3) is 0.400. The van der Waals surface area contributed by atoms with Crippen molar-refractivity contribution in [1.29, 1.82) is 0 Å². The molecule has 0 fully saturated rings. The topological polar surface area (TPSA) is 71.2 Å². The van der Waals surface area contributed by atoms with Crippen molar-refractivity contribution in [3.8, 4) is 0 Å². The highest BCUT2D eigenvalue weighted by Gasteiger charge is 2.19. The van der Waals surface area contributed by atoms with Crippen LogP contribution < -0.4 is 5.32 Å². The Kier molecular flexibility index (Phi) is 6.39. The SMILES string of the molecule is CCOC(=O)c1[nH]c(C)c(CCC(=O)N[C@H](C)c2ccccc2)c1C. The number of aryl methyl sites for hydroxylation is 1. The van der Waals surface area contributed by atoms with Gasteiger partial charge in [0.1, 0.15) is 5.69 Å². The van der Waals surface area contributed by atoms with Gasteiger partial charge in [0.25, 0.3) is 0 Å². The highest BCUT2D eigenvalue weighted by molar-refractivity contribution is 5.90. The summed E-state index contributed by atoms with van der Waals surface area (Å²) in [5, 5.41) is 3.01. The van der Waals surface area contributed by atoms with Crippen LogP contribution in [0.3, 0.4) is 0 Å². The van der Waals surface area contributed by atoms with E-state index in [-0.39, 0.29) is 17.9 Å². The smallest absolute Gasteiger partial charge is 0.355 e. The molecule has 1 aromatic carbocycles. The number of hydrogen-bond donors (Lipinski definition) is 2. The molecule has 5 heteroatoms. The summed E-state index contributed by atoms with van der Waals surface area (Å²) in [6, 6.07) is 9.84. The van der Waals surface area contributed by atoms with E-state index in [4.69, 9.17) is 4.74 Å². The molecule has 0 saturated carbocycles. The van der Waals surface area contributed by atoms with E-state index in [0.717, 1.165) is 22.4 Å². The second-order valence-corrected chi connectivity index (χ2v) is 6.15. The van der Waals surface area contributed by atoms with Crippen LogP contribution in [-0.4, -0.2) is 23.5 Å². The molecule has 134 valence electrons. The quantitative estimate of drug-likeness (QED) is 0.755. The molecular weight excluding hydrogens is 316 g/mol. The lowest BCUT2D eigenvalue weighted by Crippen LogP contribution is -2.26. The van der Waals surface area contributed by atoms with Gasteiger partial charge in [0, 0.05) is 12.1 Å². The molecule has 2 N–H and O–H groups in total. The number of nitrogens with one attached hydrogen (secondary N) is 2. The number of esters is 1. The largest absolute Gasteiger partial charge is 0.461 e. The maximum Gasteiger partial charge on any atom is 0.355 e. The van der Waals surface area contributed by atoms with Gasteiger partial charge in [-0.15, -0.1) is 0 Å². The molecule has 2 aromatic rings. The first-order valence-electron chi connectivity index (χ1n) is 8.63. The third kappa shape index (κ3) is 4.72. The van der Waals surface area contributed by atoms with Crippen LogP contribution in [0.25, 0.3) is 0 Å². The van der Waals surface area contributed by atoms with Crippen molar-refractivity contribution in [2.75, 3.05) is 6.61 Å². The van der Waals surface area contributed by atoms with Gasteiger partial charge in [0.15, 0.2) is 0 Å². The van der Waals surface area contributed by atoms with Gasteiger partial charge in [-0.3, -0.25) is 4.79 Å². The van der Waals surface area contributed by atoms with E-state index in [9.17, 15) is 9.59 Å². The molecule has 5 nitrogen and oxygen atoms in total. The molecule has 0 spiro atoms. The molecule has 0 unspecified atom stereocenters. The molecule has 0 saturated heterocycles. The fourth-order valence-electron chi connectivity index (χ4n) is 2.95. The number of ether oxygens (including phenoxy) is 1. The molecule has 0 aliphatic heterocycles.